The maximum atomic E-state index is 12.5. The molecule has 0 fully saturated rings. The van der Waals surface area contributed by atoms with Gasteiger partial charge in [0.1, 0.15) is 5.75 Å². The lowest BCUT2D eigenvalue weighted by Gasteiger charge is -2.08. The second-order valence-electron chi connectivity index (χ2n) is 8.70. The number of aryl methyl sites for hydroxylation is 2. The van der Waals surface area contributed by atoms with Crippen molar-refractivity contribution in [1.29, 1.82) is 0 Å². The minimum Gasteiger partial charge on any atom is -0.423 e. The summed E-state index contributed by atoms with van der Waals surface area (Å²) in [5.41, 5.74) is 5.47. The highest BCUT2D eigenvalue weighted by Gasteiger charge is 2.09. The van der Waals surface area contributed by atoms with E-state index in [1.165, 1.54) is 36.8 Å². The van der Waals surface area contributed by atoms with E-state index in [0.717, 1.165) is 29.9 Å². The molecule has 0 amide bonds. The van der Waals surface area contributed by atoms with Gasteiger partial charge in [-0.3, -0.25) is 0 Å². The molecule has 0 unspecified atom stereocenters. The lowest BCUT2D eigenvalue weighted by atomic mass is 9.99. The van der Waals surface area contributed by atoms with E-state index in [9.17, 15) is 4.79 Å². The molecule has 0 aliphatic rings. The quantitative estimate of drug-likeness (QED) is 0.191. The van der Waals surface area contributed by atoms with Gasteiger partial charge in [-0.25, -0.2) is 4.79 Å². The van der Waals surface area contributed by atoms with Crippen LogP contribution in [0.15, 0.2) is 72.8 Å². The van der Waals surface area contributed by atoms with Crippen molar-refractivity contribution in [2.75, 3.05) is 0 Å². The minimum atomic E-state index is -0.325. The molecule has 0 radical (unpaired) electrons. The Morgan fingerprint density at radius 2 is 1.29 bits per heavy atom. The van der Waals surface area contributed by atoms with Gasteiger partial charge in [-0.15, -0.1) is 0 Å². The minimum absolute atomic E-state index is 0.325. The molecule has 2 heteroatoms. The Morgan fingerprint density at radius 3 is 1.87 bits per heavy atom. The van der Waals surface area contributed by atoms with Crippen molar-refractivity contribution in [3.63, 3.8) is 0 Å². The van der Waals surface area contributed by atoms with Crippen LogP contribution in [0.4, 0.5) is 0 Å². The van der Waals surface area contributed by atoms with Crippen molar-refractivity contribution in [1.82, 2.24) is 0 Å². The van der Waals surface area contributed by atoms with Crippen LogP contribution in [-0.2, 0) is 12.8 Å². The van der Waals surface area contributed by atoms with Crippen LogP contribution in [0.25, 0.3) is 11.1 Å². The van der Waals surface area contributed by atoms with Crippen molar-refractivity contribution in [2.45, 2.75) is 59.3 Å². The molecule has 0 aromatic heterocycles. The third-order valence-electron chi connectivity index (χ3n) is 5.62. The predicted molar refractivity (Wildman–Crippen MR) is 130 cm³/mol. The Labute approximate surface area is 187 Å². The van der Waals surface area contributed by atoms with Gasteiger partial charge in [-0.1, -0.05) is 82.1 Å². The van der Waals surface area contributed by atoms with E-state index < -0.39 is 0 Å². The molecule has 0 saturated heterocycles. The molecule has 0 heterocycles. The SMILES string of the molecule is CCCCCc1ccc(OC(=O)c2ccc(-c3ccc(CCC(C)C)cc3)cc2)cc1. The van der Waals surface area contributed by atoms with Gasteiger partial charge >= 0.3 is 5.97 Å². The number of esters is 1. The second kappa shape index (κ2) is 11.5. The zero-order valence-corrected chi connectivity index (χ0v) is 19.1. The summed E-state index contributed by atoms with van der Waals surface area (Å²) in [6.45, 7) is 6.72. The van der Waals surface area contributed by atoms with Gasteiger partial charge in [0.05, 0.1) is 5.56 Å². The second-order valence-corrected chi connectivity index (χ2v) is 8.70. The molecule has 162 valence electrons. The van der Waals surface area contributed by atoms with Gasteiger partial charge in [0, 0.05) is 0 Å². The van der Waals surface area contributed by atoms with Gasteiger partial charge < -0.3 is 4.74 Å². The molecule has 3 aromatic carbocycles. The fraction of sp³-hybridized carbons (Fsp3) is 0.345. The summed E-state index contributed by atoms with van der Waals surface area (Å²) in [4.78, 5) is 12.5. The first-order chi connectivity index (χ1) is 15.0. The van der Waals surface area contributed by atoms with Crippen molar-refractivity contribution in [3.05, 3.63) is 89.5 Å². The average Bonchev–Trinajstić information content (AvgIpc) is 2.79. The standard InChI is InChI=1S/C29H34O2/c1-4-5-6-7-23-12-20-28(21-13-23)31-29(30)27-18-16-26(17-19-27)25-14-10-24(11-15-25)9-8-22(2)3/h10-22H,4-9H2,1-3H3. The Balaban J connectivity index is 1.57. The zero-order valence-electron chi connectivity index (χ0n) is 19.1. The van der Waals surface area contributed by atoms with Crippen molar-refractivity contribution < 1.29 is 9.53 Å². The van der Waals surface area contributed by atoms with E-state index in [0.29, 0.717) is 11.3 Å². The molecule has 31 heavy (non-hydrogen) atoms. The molecular weight excluding hydrogens is 380 g/mol. The number of unbranched alkanes of at least 4 members (excludes halogenated alkanes) is 2. The number of carbonyl (C=O) groups is 1. The lowest BCUT2D eigenvalue weighted by Crippen LogP contribution is -2.08. The first-order valence-corrected chi connectivity index (χ1v) is 11.6. The fourth-order valence-corrected chi connectivity index (χ4v) is 3.59. The molecule has 0 bridgehead atoms. The largest absolute Gasteiger partial charge is 0.423 e. The highest BCUT2D eigenvalue weighted by Crippen LogP contribution is 2.22. The summed E-state index contributed by atoms with van der Waals surface area (Å²) >= 11 is 0. The third kappa shape index (κ3) is 7.10. The van der Waals surface area contributed by atoms with Gasteiger partial charge in [0.25, 0.3) is 0 Å². The smallest absolute Gasteiger partial charge is 0.343 e. The normalized spacial score (nSPS) is 11.0. The van der Waals surface area contributed by atoms with Crippen molar-refractivity contribution in [3.8, 4) is 16.9 Å². The van der Waals surface area contributed by atoms with Crippen LogP contribution >= 0.6 is 0 Å². The Kier molecular flexibility index (Phi) is 8.46. The zero-order chi connectivity index (χ0) is 22.1. The highest BCUT2D eigenvalue weighted by molar-refractivity contribution is 5.91. The van der Waals surface area contributed by atoms with E-state index in [-0.39, 0.29) is 5.97 Å². The Hall–Kier alpha value is -2.87. The van der Waals surface area contributed by atoms with E-state index in [1.54, 1.807) is 0 Å². The van der Waals surface area contributed by atoms with Crippen LogP contribution in [0.2, 0.25) is 0 Å². The molecule has 2 nitrogen and oxygen atoms in total. The molecule has 0 N–H and O–H groups in total. The van der Waals surface area contributed by atoms with E-state index in [4.69, 9.17) is 4.74 Å². The number of hydrogen-bond donors (Lipinski definition) is 0. The predicted octanol–water partition coefficient (Wildman–Crippen LogP) is 7.89. The third-order valence-corrected chi connectivity index (χ3v) is 5.62. The maximum Gasteiger partial charge on any atom is 0.343 e. The average molecular weight is 415 g/mol. The van der Waals surface area contributed by atoms with E-state index in [1.807, 2.05) is 48.5 Å². The monoisotopic (exact) mass is 414 g/mol. The summed E-state index contributed by atoms with van der Waals surface area (Å²) in [7, 11) is 0. The maximum absolute atomic E-state index is 12.5. The lowest BCUT2D eigenvalue weighted by molar-refractivity contribution is 0.0734. The Bertz CT molecular complexity index is 936. The van der Waals surface area contributed by atoms with Gasteiger partial charge in [0.15, 0.2) is 0 Å². The molecule has 3 rings (SSSR count). The summed E-state index contributed by atoms with van der Waals surface area (Å²) in [5.74, 6) is 0.982. The Morgan fingerprint density at radius 1 is 0.742 bits per heavy atom. The summed E-state index contributed by atoms with van der Waals surface area (Å²) in [6, 6.07) is 24.2. The first-order valence-electron chi connectivity index (χ1n) is 11.6. The van der Waals surface area contributed by atoms with Crippen LogP contribution in [0.3, 0.4) is 0 Å². The van der Waals surface area contributed by atoms with Crippen LogP contribution in [0.1, 0.15) is 67.9 Å². The molecule has 0 saturated carbocycles. The number of hydrogen-bond acceptors (Lipinski definition) is 2. The van der Waals surface area contributed by atoms with E-state index in [2.05, 4.69) is 45.0 Å². The van der Waals surface area contributed by atoms with E-state index >= 15 is 0 Å². The van der Waals surface area contributed by atoms with Gasteiger partial charge in [-0.2, -0.15) is 0 Å². The van der Waals surface area contributed by atoms with Crippen molar-refractivity contribution in [2.24, 2.45) is 5.92 Å². The van der Waals surface area contributed by atoms with Gasteiger partial charge in [-0.05, 0) is 78.1 Å². The topological polar surface area (TPSA) is 26.3 Å². The van der Waals surface area contributed by atoms with Crippen molar-refractivity contribution >= 4 is 5.97 Å². The molecule has 0 aliphatic heterocycles. The molecular formula is C29H34O2. The molecule has 0 atom stereocenters. The molecule has 0 spiro atoms. The van der Waals surface area contributed by atoms with Crippen LogP contribution in [0, 0.1) is 5.92 Å². The number of benzene rings is 3. The first kappa shape index (κ1) is 22.8. The number of carbonyl (C=O) groups excluding carboxylic acids is 1. The van der Waals surface area contributed by atoms with Crippen LogP contribution in [0.5, 0.6) is 5.75 Å². The van der Waals surface area contributed by atoms with Crippen LogP contribution < -0.4 is 4.74 Å². The fourth-order valence-electron chi connectivity index (χ4n) is 3.59. The molecule has 0 aliphatic carbocycles. The summed E-state index contributed by atoms with van der Waals surface area (Å²) < 4.78 is 5.55. The van der Waals surface area contributed by atoms with Gasteiger partial charge in [0.2, 0.25) is 0 Å². The molecule has 3 aromatic rings. The van der Waals surface area contributed by atoms with Crippen LogP contribution in [-0.4, -0.2) is 5.97 Å². The highest BCUT2D eigenvalue weighted by atomic mass is 16.5. The number of ether oxygens (including phenoxy) is 1. The summed E-state index contributed by atoms with van der Waals surface area (Å²) in [5, 5.41) is 0. The number of rotatable bonds is 10. The summed E-state index contributed by atoms with van der Waals surface area (Å²) in [6.07, 6.45) is 7.05.